The second kappa shape index (κ2) is 7.15. The van der Waals surface area contributed by atoms with Gasteiger partial charge in [-0.3, -0.25) is 0 Å². The Kier molecular flexibility index (Phi) is 4.39. The molecule has 1 aliphatic heterocycles. The van der Waals surface area contributed by atoms with Crippen molar-refractivity contribution >= 4 is 17.6 Å². The lowest BCUT2D eigenvalue weighted by atomic mass is 10.1. The normalized spacial score (nSPS) is 13.4. The maximum absolute atomic E-state index is 9.05. The van der Waals surface area contributed by atoms with E-state index in [1.54, 1.807) is 30.7 Å². The fourth-order valence-corrected chi connectivity index (χ4v) is 2.92. The molecule has 1 fully saturated rings. The first-order valence-corrected chi connectivity index (χ1v) is 8.49. The Balaban J connectivity index is 1.52. The van der Waals surface area contributed by atoms with E-state index in [4.69, 9.17) is 5.26 Å². The topological polar surface area (TPSA) is 90.6 Å². The standard InChI is InChI=1S/C19H17N7/c20-11-14-4-3-5-15(10-14)17-6-7-21-18(25-17)24-16-12-22-19(23-13-16)26-8-1-2-9-26/h3-7,10,12-13H,1-2,8-9H2,(H,21,24,25). The van der Waals surface area contributed by atoms with Crippen molar-refractivity contribution in [3.05, 3.63) is 54.5 Å². The highest BCUT2D eigenvalue weighted by atomic mass is 15.3. The molecule has 0 atom stereocenters. The van der Waals surface area contributed by atoms with E-state index in [1.165, 1.54) is 12.8 Å². The molecule has 0 bridgehead atoms. The summed E-state index contributed by atoms with van der Waals surface area (Å²) in [6.07, 6.45) is 7.55. The highest BCUT2D eigenvalue weighted by molar-refractivity contribution is 5.63. The summed E-state index contributed by atoms with van der Waals surface area (Å²) in [5.74, 6) is 1.22. The van der Waals surface area contributed by atoms with Gasteiger partial charge in [-0.15, -0.1) is 0 Å². The van der Waals surface area contributed by atoms with Crippen molar-refractivity contribution in [2.45, 2.75) is 12.8 Å². The molecule has 7 nitrogen and oxygen atoms in total. The summed E-state index contributed by atoms with van der Waals surface area (Å²) in [5.41, 5.74) is 2.95. The lowest BCUT2D eigenvalue weighted by Crippen LogP contribution is -2.20. The van der Waals surface area contributed by atoms with Crippen molar-refractivity contribution in [1.29, 1.82) is 5.26 Å². The Labute approximate surface area is 151 Å². The number of nitrogens with zero attached hydrogens (tertiary/aromatic N) is 6. The zero-order valence-electron chi connectivity index (χ0n) is 14.1. The van der Waals surface area contributed by atoms with Crippen molar-refractivity contribution in [2.75, 3.05) is 23.3 Å². The second-order valence-electron chi connectivity index (χ2n) is 6.05. The van der Waals surface area contributed by atoms with Crippen LogP contribution in [0.3, 0.4) is 0 Å². The molecule has 0 saturated carbocycles. The predicted molar refractivity (Wildman–Crippen MR) is 98.9 cm³/mol. The molecule has 0 spiro atoms. The highest BCUT2D eigenvalue weighted by Crippen LogP contribution is 2.21. The monoisotopic (exact) mass is 343 g/mol. The fraction of sp³-hybridized carbons (Fsp3) is 0.211. The van der Waals surface area contributed by atoms with Gasteiger partial charge in [0.1, 0.15) is 0 Å². The molecule has 128 valence electrons. The average molecular weight is 343 g/mol. The first-order chi connectivity index (χ1) is 12.8. The smallest absolute Gasteiger partial charge is 0.227 e. The number of nitrogens with one attached hydrogen (secondary N) is 1. The average Bonchev–Trinajstić information content (AvgIpc) is 3.24. The number of hydrogen-bond donors (Lipinski definition) is 1. The van der Waals surface area contributed by atoms with Crippen LogP contribution in [0.4, 0.5) is 17.6 Å². The molecule has 3 aromatic rings. The van der Waals surface area contributed by atoms with Gasteiger partial charge in [0.25, 0.3) is 0 Å². The number of hydrogen-bond acceptors (Lipinski definition) is 7. The largest absolute Gasteiger partial charge is 0.341 e. The van der Waals surface area contributed by atoms with Gasteiger partial charge in [0.05, 0.1) is 35.4 Å². The summed E-state index contributed by atoms with van der Waals surface area (Å²) >= 11 is 0. The van der Waals surface area contributed by atoms with Crippen LogP contribution in [0.25, 0.3) is 11.3 Å². The molecule has 0 unspecified atom stereocenters. The number of benzene rings is 1. The molecule has 0 aliphatic carbocycles. The number of rotatable bonds is 4. The van der Waals surface area contributed by atoms with Crippen molar-refractivity contribution in [2.24, 2.45) is 0 Å². The highest BCUT2D eigenvalue weighted by Gasteiger charge is 2.14. The van der Waals surface area contributed by atoms with E-state index in [-0.39, 0.29) is 0 Å². The van der Waals surface area contributed by atoms with E-state index in [2.05, 4.69) is 36.2 Å². The minimum absolute atomic E-state index is 0.461. The van der Waals surface area contributed by atoms with E-state index in [9.17, 15) is 0 Å². The maximum Gasteiger partial charge on any atom is 0.227 e. The molecule has 1 saturated heterocycles. The van der Waals surface area contributed by atoms with Crippen LogP contribution in [-0.4, -0.2) is 33.0 Å². The molecule has 7 heteroatoms. The van der Waals surface area contributed by atoms with Crippen molar-refractivity contribution in [3.8, 4) is 17.3 Å². The third-order valence-electron chi connectivity index (χ3n) is 4.23. The molecule has 1 aromatic carbocycles. The van der Waals surface area contributed by atoms with Crippen LogP contribution < -0.4 is 10.2 Å². The molecule has 2 aromatic heterocycles. The van der Waals surface area contributed by atoms with E-state index in [0.29, 0.717) is 11.5 Å². The molecule has 0 radical (unpaired) electrons. The summed E-state index contributed by atoms with van der Waals surface area (Å²) in [6, 6.07) is 11.3. The molecule has 0 amide bonds. The number of anilines is 3. The molecule has 4 rings (SSSR count). The van der Waals surface area contributed by atoms with Crippen LogP contribution in [0.1, 0.15) is 18.4 Å². The Morgan fingerprint density at radius 2 is 1.85 bits per heavy atom. The van der Waals surface area contributed by atoms with Gasteiger partial charge in [-0.1, -0.05) is 12.1 Å². The van der Waals surface area contributed by atoms with Crippen LogP contribution in [0.2, 0.25) is 0 Å². The van der Waals surface area contributed by atoms with Crippen LogP contribution in [0.5, 0.6) is 0 Å². The molecule has 3 heterocycles. The van der Waals surface area contributed by atoms with Crippen LogP contribution in [0.15, 0.2) is 48.9 Å². The van der Waals surface area contributed by atoms with Gasteiger partial charge in [0.2, 0.25) is 11.9 Å². The third-order valence-corrected chi connectivity index (χ3v) is 4.23. The Morgan fingerprint density at radius 3 is 2.62 bits per heavy atom. The van der Waals surface area contributed by atoms with E-state index >= 15 is 0 Å². The first kappa shape index (κ1) is 16.0. The Morgan fingerprint density at radius 1 is 1.04 bits per heavy atom. The van der Waals surface area contributed by atoms with Gasteiger partial charge < -0.3 is 10.2 Å². The minimum Gasteiger partial charge on any atom is -0.341 e. The van der Waals surface area contributed by atoms with Crippen LogP contribution >= 0.6 is 0 Å². The third kappa shape index (κ3) is 3.44. The lowest BCUT2D eigenvalue weighted by molar-refractivity contribution is 0.899. The Bertz CT molecular complexity index is 941. The molecule has 1 aliphatic rings. The van der Waals surface area contributed by atoms with Gasteiger partial charge in [-0.2, -0.15) is 5.26 Å². The number of aromatic nitrogens is 4. The predicted octanol–water partition coefficient (Wildman–Crippen LogP) is 3.15. The van der Waals surface area contributed by atoms with Gasteiger partial charge in [-0.05, 0) is 31.0 Å². The summed E-state index contributed by atoms with van der Waals surface area (Å²) in [7, 11) is 0. The molecule has 26 heavy (non-hydrogen) atoms. The maximum atomic E-state index is 9.05. The Hall–Kier alpha value is -3.53. The zero-order chi connectivity index (χ0) is 17.8. The SMILES string of the molecule is N#Cc1cccc(-c2ccnc(Nc3cnc(N4CCCC4)nc3)n2)c1. The van der Waals surface area contributed by atoms with Gasteiger partial charge in [-0.25, -0.2) is 19.9 Å². The van der Waals surface area contributed by atoms with E-state index < -0.39 is 0 Å². The van der Waals surface area contributed by atoms with Crippen LogP contribution in [-0.2, 0) is 0 Å². The number of nitriles is 1. The van der Waals surface area contributed by atoms with E-state index in [1.807, 2.05) is 18.2 Å². The fourth-order valence-electron chi connectivity index (χ4n) is 2.92. The van der Waals surface area contributed by atoms with Crippen molar-refractivity contribution in [3.63, 3.8) is 0 Å². The van der Waals surface area contributed by atoms with Gasteiger partial charge in [0, 0.05) is 24.8 Å². The lowest BCUT2D eigenvalue weighted by Gasteiger charge is -2.14. The quantitative estimate of drug-likeness (QED) is 0.778. The van der Waals surface area contributed by atoms with Crippen LogP contribution in [0, 0.1) is 11.3 Å². The molecular formula is C19H17N7. The van der Waals surface area contributed by atoms with Crippen molar-refractivity contribution < 1.29 is 0 Å². The molecular weight excluding hydrogens is 326 g/mol. The summed E-state index contributed by atoms with van der Waals surface area (Å²) in [6.45, 7) is 2.03. The zero-order valence-corrected chi connectivity index (χ0v) is 14.1. The first-order valence-electron chi connectivity index (χ1n) is 8.49. The van der Waals surface area contributed by atoms with Gasteiger partial charge in [0.15, 0.2) is 0 Å². The van der Waals surface area contributed by atoms with Crippen molar-refractivity contribution in [1.82, 2.24) is 19.9 Å². The van der Waals surface area contributed by atoms with E-state index in [0.717, 1.165) is 36.0 Å². The summed E-state index contributed by atoms with van der Waals surface area (Å²) in [4.78, 5) is 19.8. The minimum atomic E-state index is 0.461. The molecule has 1 N–H and O–H groups in total. The second-order valence-corrected chi connectivity index (χ2v) is 6.05. The summed E-state index contributed by atoms with van der Waals surface area (Å²) < 4.78 is 0. The van der Waals surface area contributed by atoms with Gasteiger partial charge >= 0.3 is 0 Å². The summed E-state index contributed by atoms with van der Waals surface area (Å²) in [5, 5.41) is 12.2.